The second-order valence-electron chi connectivity index (χ2n) is 8.21. The first-order valence-electron chi connectivity index (χ1n) is 10.8. The number of aromatic nitrogens is 2. The number of nitrogens with one attached hydrogen (secondary N) is 2. The van der Waals surface area contributed by atoms with Crippen molar-refractivity contribution in [3.05, 3.63) is 86.7 Å². The molecule has 0 spiro atoms. The van der Waals surface area contributed by atoms with Crippen LogP contribution in [-0.2, 0) is 16.1 Å². The number of halogens is 1. The van der Waals surface area contributed by atoms with Crippen LogP contribution in [0.2, 0.25) is 5.02 Å². The van der Waals surface area contributed by atoms with Crippen LogP contribution in [0, 0.1) is 34.6 Å². The fourth-order valence-electron chi connectivity index (χ4n) is 3.84. The summed E-state index contributed by atoms with van der Waals surface area (Å²) in [6.45, 7) is 10.2. The lowest BCUT2D eigenvalue weighted by Gasteiger charge is -2.13. The van der Waals surface area contributed by atoms with Crippen LogP contribution >= 0.6 is 11.6 Å². The molecule has 0 saturated carbocycles. The highest BCUT2D eigenvalue weighted by molar-refractivity contribution is 6.31. The van der Waals surface area contributed by atoms with Gasteiger partial charge < -0.3 is 10.6 Å². The summed E-state index contributed by atoms with van der Waals surface area (Å²) < 4.78 is 1.87. The smallest absolute Gasteiger partial charge is 0.244 e. The lowest BCUT2D eigenvalue weighted by Crippen LogP contribution is -2.32. The number of carbonyl (C=O) groups is 2. The van der Waals surface area contributed by atoms with Gasteiger partial charge in [0.2, 0.25) is 11.8 Å². The third-order valence-electron chi connectivity index (χ3n) is 5.48. The Morgan fingerprint density at radius 2 is 1.73 bits per heavy atom. The van der Waals surface area contributed by atoms with E-state index in [0.717, 1.165) is 44.9 Å². The van der Waals surface area contributed by atoms with Crippen molar-refractivity contribution in [3.8, 4) is 0 Å². The highest BCUT2D eigenvalue weighted by Gasteiger charge is 2.12. The summed E-state index contributed by atoms with van der Waals surface area (Å²) in [5, 5.41) is 10.8. The number of rotatable bonds is 7. The first-order valence-corrected chi connectivity index (χ1v) is 11.1. The Balaban J connectivity index is 1.60. The van der Waals surface area contributed by atoms with Gasteiger partial charge in [-0.05, 0) is 63.5 Å². The Bertz CT molecular complexity index is 1200. The molecule has 0 aliphatic rings. The molecule has 6 nitrogen and oxygen atoms in total. The second-order valence-corrected chi connectivity index (χ2v) is 8.61. The van der Waals surface area contributed by atoms with Crippen molar-refractivity contribution in [1.29, 1.82) is 0 Å². The Morgan fingerprint density at radius 3 is 2.39 bits per heavy atom. The van der Waals surface area contributed by atoms with Crippen LogP contribution < -0.4 is 10.6 Å². The maximum Gasteiger partial charge on any atom is 0.244 e. The predicted molar refractivity (Wildman–Crippen MR) is 134 cm³/mol. The molecule has 1 aromatic heterocycles. The van der Waals surface area contributed by atoms with Crippen LogP contribution in [0.1, 0.15) is 39.2 Å². The number of benzene rings is 2. The quantitative estimate of drug-likeness (QED) is 0.488. The van der Waals surface area contributed by atoms with E-state index in [2.05, 4.69) is 15.7 Å². The van der Waals surface area contributed by atoms with Gasteiger partial charge in [-0.3, -0.25) is 14.3 Å². The molecule has 172 valence electrons. The summed E-state index contributed by atoms with van der Waals surface area (Å²) in [5.41, 5.74) is 7.50. The van der Waals surface area contributed by atoms with E-state index in [4.69, 9.17) is 11.6 Å². The topological polar surface area (TPSA) is 76.0 Å². The Morgan fingerprint density at radius 1 is 1.06 bits per heavy atom. The van der Waals surface area contributed by atoms with Gasteiger partial charge >= 0.3 is 0 Å². The molecule has 0 aliphatic carbocycles. The van der Waals surface area contributed by atoms with Crippen molar-refractivity contribution < 1.29 is 9.59 Å². The average Bonchev–Trinajstić information content (AvgIpc) is 3.01. The summed E-state index contributed by atoms with van der Waals surface area (Å²) in [7, 11) is 0. The van der Waals surface area contributed by atoms with E-state index in [1.807, 2.05) is 75.7 Å². The SMILES string of the molecule is Cc1cc(C)c(NC(=O)CNC(=O)C=Cc2c(C)nn(Cc3ccccc3Cl)c2C)c(C)c1. The highest BCUT2D eigenvalue weighted by atomic mass is 35.5. The second kappa shape index (κ2) is 10.5. The van der Waals surface area contributed by atoms with Gasteiger partial charge in [0.15, 0.2) is 0 Å². The summed E-state index contributed by atoms with van der Waals surface area (Å²) in [6, 6.07) is 11.7. The van der Waals surface area contributed by atoms with E-state index in [1.165, 1.54) is 6.08 Å². The maximum atomic E-state index is 12.3. The summed E-state index contributed by atoms with van der Waals surface area (Å²) >= 11 is 6.27. The third kappa shape index (κ3) is 6.11. The van der Waals surface area contributed by atoms with Crippen molar-refractivity contribution in [3.63, 3.8) is 0 Å². The monoisotopic (exact) mass is 464 g/mol. The lowest BCUT2D eigenvalue weighted by molar-refractivity contribution is -0.121. The van der Waals surface area contributed by atoms with Crippen molar-refractivity contribution in [2.24, 2.45) is 0 Å². The van der Waals surface area contributed by atoms with Crippen LogP contribution in [0.15, 0.2) is 42.5 Å². The van der Waals surface area contributed by atoms with Crippen LogP contribution in [-0.4, -0.2) is 28.1 Å². The Labute approximate surface area is 199 Å². The van der Waals surface area contributed by atoms with Gasteiger partial charge in [0.25, 0.3) is 0 Å². The van der Waals surface area contributed by atoms with Gasteiger partial charge in [-0.2, -0.15) is 5.10 Å². The fraction of sp³-hybridized carbons (Fsp3) is 0.269. The first-order chi connectivity index (χ1) is 15.7. The number of carbonyl (C=O) groups excluding carboxylic acids is 2. The molecule has 2 amide bonds. The summed E-state index contributed by atoms with van der Waals surface area (Å²) in [5.74, 6) is -0.619. The zero-order valence-corrected chi connectivity index (χ0v) is 20.4. The van der Waals surface area contributed by atoms with E-state index in [1.54, 1.807) is 6.08 Å². The predicted octanol–water partition coefficient (Wildman–Crippen LogP) is 4.90. The molecule has 0 bridgehead atoms. The van der Waals surface area contributed by atoms with E-state index in [-0.39, 0.29) is 18.4 Å². The lowest BCUT2D eigenvalue weighted by atomic mass is 10.1. The molecule has 0 saturated heterocycles. The molecule has 0 unspecified atom stereocenters. The fourth-order valence-corrected chi connectivity index (χ4v) is 4.04. The zero-order valence-electron chi connectivity index (χ0n) is 19.6. The molecule has 1 heterocycles. The van der Waals surface area contributed by atoms with Crippen LogP contribution in [0.5, 0.6) is 0 Å². The van der Waals surface area contributed by atoms with Gasteiger partial charge in [0.1, 0.15) is 0 Å². The molecule has 0 fully saturated rings. The largest absolute Gasteiger partial charge is 0.343 e. The number of amides is 2. The number of hydrogen-bond donors (Lipinski definition) is 2. The Hall–Kier alpha value is -3.38. The molecular formula is C26H29ClN4O2. The minimum atomic E-state index is -0.347. The molecule has 0 atom stereocenters. The minimum absolute atomic E-state index is 0.111. The summed E-state index contributed by atoms with van der Waals surface area (Å²) in [4.78, 5) is 24.6. The molecule has 2 N–H and O–H groups in total. The van der Waals surface area contributed by atoms with Crippen LogP contribution in [0.4, 0.5) is 5.69 Å². The number of aryl methyl sites for hydroxylation is 4. The average molecular weight is 465 g/mol. The van der Waals surface area contributed by atoms with Gasteiger partial charge in [0, 0.05) is 28.0 Å². The summed E-state index contributed by atoms with van der Waals surface area (Å²) in [6.07, 6.45) is 3.15. The molecule has 0 radical (unpaired) electrons. The van der Waals surface area contributed by atoms with Crippen molar-refractivity contribution >= 4 is 35.2 Å². The van der Waals surface area contributed by atoms with Crippen molar-refractivity contribution in [1.82, 2.24) is 15.1 Å². The molecule has 2 aromatic carbocycles. The van der Waals surface area contributed by atoms with Crippen molar-refractivity contribution in [2.75, 3.05) is 11.9 Å². The molecule has 7 heteroatoms. The molecule has 0 aliphatic heterocycles. The highest BCUT2D eigenvalue weighted by Crippen LogP contribution is 2.22. The molecule has 3 rings (SSSR count). The van der Waals surface area contributed by atoms with Gasteiger partial charge in [-0.1, -0.05) is 47.5 Å². The maximum absolute atomic E-state index is 12.3. The van der Waals surface area contributed by atoms with Gasteiger partial charge in [0.05, 0.1) is 18.8 Å². The van der Waals surface area contributed by atoms with E-state index >= 15 is 0 Å². The normalized spacial score (nSPS) is 11.1. The molecule has 33 heavy (non-hydrogen) atoms. The Kier molecular flexibility index (Phi) is 7.71. The van der Waals surface area contributed by atoms with E-state index in [9.17, 15) is 9.59 Å². The number of nitrogens with zero attached hydrogens (tertiary/aromatic N) is 2. The van der Waals surface area contributed by atoms with Crippen LogP contribution in [0.25, 0.3) is 6.08 Å². The molecular weight excluding hydrogens is 436 g/mol. The number of hydrogen-bond acceptors (Lipinski definition) is 3. The van der Waals surface area contributed by atoms with E-state index < -0.39 is 0 Å². The van der Waals surface area contributed by atoms with Crippen molar-refractivity contribution in [2.45, 2.75) is 41.2 Å². The van der Waals surface area contributed by atoms with Crippen LogP contribution in [0.3, 0.4) is 0 Å². The van der Waals surface area contributed by atoms with Gasteiger partial charge in [-0.15, -0.1) is 0 Å². The van der Waals surface area contributed by atoms with Gasteiger partial charge in [-0.25, -0.2) is 0 Å². The number of anilines is 1. The zero-order chi connectivity index (χ0) is 24.1. The molecule has 3 aromatic rings. The first kappa shape index (κ1) is 24.3. The third-order valence-corrected chi connectivity index (χ3v) is 5.85. The van der Waals surface area contributed by atoms with E-state index in [0.29, 0.717) is 11.6 Å². The minimum Gasteiger partial charge on any atom is -0.343 e. The standard InChI is InChI=1S/C26H29ClN4O2/c1-16-12-17(2)26(18(3)13-16)29-25(33)14-28-24(32)11-10-22-19(4)30-31(20(22)5)15-21-8-6-7-9-23(21)27/h6-13H,14-15H2,1-5H3,(H,28,32)(H,29,33).